The molecule has 0 aliphatic carbocycles. The lowest BCUT2D eigenvalue weighted by Crippen LogP contribution is -2.13. The molecule has 0 aliphatic heterocycles. The molecule has 0 saturated heterocycles. The fourth-order valence-corrected chi connectivity index (χ4v) is 3.16. The molecule has 16 heavy (non-hydrogen) atoms. The highest BCUT2D eigenvalue weighted by molar-refractivity contribution is 9.10. The van der Waals surface area contributed by atoms with Gasteiger partial charge in [-0.1, -0.05) is 17.7 Å². The van der Waals surface area contributed by atoms with E-state index in [0.717, 1.165) is 15.6 Å². The van der Waals surface area contributed by atoms with Gasteiger partial charge in [-0.2, -0.15) is 11.3 Å². The highest BCUT2D eigenvalue weighted by Gasteiger charge is 2.16. The normalized spacial score (nSPS) is 12.8. The molecule has 0 aliphatic rings. The van der Waals surface area contributed by atoms with Gasteiger partial charge in [-0.05, 0) is 39.9 Å². The summed E-state index contributed by atoms with van der Waals surface area (Å²) in [4.78, 5) is 0. The second-order valence-corrected chi connectivity index (χ2v) is 5.28. The third-order valence-corrected chi connectivity index (χ3v) is 4.22. The summed E-state index contributed by atoms with van der Waals surface area (Å²) in [5.41, 5.74) is 8.55. The first kappa shape index (κ1) is 11.8. The Kier molecular flexibility index (Phi) is 3.42. The molecule has 1 heterocycles. The minimum atomic E-state index is -0.416. The summed E-state index contributed by atoms with van der Waals surface area (Å²) < 4.78 is 14.6. The summed E-state index contributed by atoms with van der Waals surface area (Å²) in [5.74, 6) is -0.254. The molecule has 1 aromatic carbocycles. The first-order valence-electron chi connectivity index (χ1n) is 4.83. The largest absolute Gasteiger partial charge is 0.320 e. The van der Waals surface area contributed by atoms with Crippen LogP contribution in [-0.2, 0) is 0 Å². The van der Waals surface area contributed by atoms with E-state index in [9.17, 15) is 4.39 Å². The summed E-state index contributed by atoms with van der Waals surface area (Å²) in [6.45, 7) is 1.93. The second-order valence-electron chi connectivity index (χ2n) is 3.68. The molecule has 0 amide bonds. The van der Waals surface area contributed by atoms with Crippen molar-refractivity contribution in [3.63, 3.8) is 0 Å². The number of hydrogen-bond donors (Lipinski definition) is 1. The quantitative estimate of drug-likeness (QED) is 0.891. The second kappa shape index (κ2) is 4.65. The summed E-state index contributed by atoms with van der Waals surface area (Å²) in [6, 6.07) is 4.59. The lowest BCUT2D eigenvalue weighted by Gasteiger charge is -2.13. The Morgan fingerprint density at radius 1 is 1.31 bits per heavy atom. The zero-order valence-corrected chi connectivity index (χ0v) is 11.1. The number of halogens is 2. The van der Waals surface area contributed by atoms with Crippen molar-refractivity contribution in [3.8, 4) is 0 Å². The molecular weight excluding hydrogens is 289 g/mol. The predicted octanol–water partition coefficient (Wildman–Crippen LogP) is 4.01. The molecule has 1 nitrogen and oxygen atoms in total. The van der Waals surface area contributed by atoms with Crippen LogP contribution in [0.1, 0.15) is 22.7 Å². The molecule has 2 N–H and O–H groups in total. The van der Waals surface area contributed by atoms with E-state index in [1.54, 1.807) is 23.5 Å². The summed E-state index contributed by atoms with van der Waals surface area (Å²) >= 11 is 4.97. The Hall–Kier alpha value is -0.710. The van der Waals surface area contributed by atoms with E-state index in [-0.39, 0.29) is 5.82 Å². The lowest BCUT2D eigenvalue weighted by molar-refractivity contribution is 0.599. The Morgan fingerprint density at radius 3 is 2.69 bits per heavy atom. The Morgan fingerprint density at radius 2 is 2.06 bits per heavy atom. The van der Waals surface area contributed by atoms with Crippen molar-refractivity contribution in [1.29, 1.82) is 0 Å². The number of hydrogen-bond acceptors (Lipinski definition) is 2. The van der Waals surface area contributed by atoms with Gasteiger partial charge < -0.3 is 5.73 Å². The van der Waals surface area contributed by atoms with Crippen molar-refractivity contribution >= 4 is 27.3 Å². The molecule has 0 fully saturated rings. The van der Waals surface area contributed by atoms with Crippen LogP contribution in [0.15, 0.2) is 33.4 Å². The van der Waals surface area contributed by atoms with Gasteiger partial charge in [-0.3, -0.25) is 0 Å². The summed E-state index contributed by atoms with van der Waals surface area (Å²) in [6.07, 6.45) is 0. The van der Waals surface area contributed by atoms with Crippen LogP contribution < -0.4 is 5.73 Å². The maximum absolute atomic E-state index is 13.7. The maximum atomic E-state index is 13.7. The number of benzene rings is 1. The molecule has 0 spiro atoms. The van der Waals surface area contributed by atoms with Crippen LogP contribution in [0, 0.1) is 12.7 Å². The number of nitrogens with two attached hydrogens (primary N) is 1. The van der Waals surface area contributed by atoms with Gasteiger partial charge in [-0.15, -0.1) is 0 Å². The van der Waals surface area contributed by atoms with Crippen molar-refractivity contribution in [2.45, 2.75) is 13.0 Å². The van der Waals surface area contributed by atoms with Gasteiger partial charge >= 0.3 is 0 Å². The van der Waals surface area contributed by atoms with Gasteiger partial charge in [0.1, 0.15) is 5.82 Å². The van der Waals surface area contributed by atoms with Crippen molar-refractivity contribution in [1.82, 2.24) is 0 Å². The Bertz CT molecular complexity index is 509. The fraction of sp³-hybridized carbons (Fsp3) is 0.167. The van der Waals surface area contributed by atoms with E-state index in [1.165, 1.54) is 6.07 Å². The number of thiophene rings is 1. The van der Waals surface area contributed by atoms with Crippen molar-refractivity contribution in [2.75, 3.05) is 0 Å². The van der Waals surface area contributed by atoms with Crippen LogP contribution in [0.3, 0.4) is 0 Å². The van der Waals surface area contributed by atoms with Crippen LogP contribution in [0.2, 0.25) is 0 Å². The molecule has 0 radical (unpaired) electrons. The summed E-state index contributed by atoms with van der Waals surface area (Å²) in [5, 5.41) is 3.89. The third-order valence-electron chi connectivity index (χ3n) is 2.46. The van der Waals surface area contributed by atoms with E-state index in [1.807, 2.05) is 17.7 Å². The predicted molar refractivity (Wildman–Crippen MR) is 69.2 cm³/mol. The first-order chi connectivity index (χ1) is 7.59. The van der Waals surface area contributed by atoms with E-state index in [4.69, 9.17) is 5.73 Å². The zero-order valence-electron chi connectivity index (χ0n) is 8.71. The molecule has 84 valence electrons. The molecular formula is C12H11BrFNS. The SMILES string of the molecule is Cc1ccc(F)c(C(N)c2cscc2Br)c1. The van der Waals surface area contributed by atoms with Crippen LogP contribution in [-0.4, -0.2) is 0 Å². The highest BCUT2D eigenvalue weighted by Crippen LogP contribution is 2.31. The standard InChI is InChI=1S/C12H11BrFNS/c1-7-2-3-11(14)8(4-7)12(15)9-5-16-6-10(9)13/h2-6,12H,15H2,1H3. The lowest BCUT2D eigenvalue weighted by atomic mass is 10.00. The van der Waals surface area contributed by atoms with Gasteiger partial charge in [0.05, 0.1) is 6.04 Å². The van der Waals surface area contributed by atoms with Crippen molar-refractivity contribution in [2.24, 2.45) is 5.73 Å². The average Bonchev–Trinajstić information content (AvgIpc) is 2.67. The molecule has 1 unspecified atom stereocenters. The molecule has 4 heteroatoms. The molecule has 2 aromatic rings. The van der Waals surface area contributed by atoms with Crippen LogP contribution in [0.4, 0.5) is 4.39 Å². The molecule has 2 rings (SSSR count). The maximum Gasteiger partial charge on any atom is 0.128 e. The Labute approximate surface area is 106 Å². The van der Waals surface area contributed by atoms with Gasteiger partial charge in [0.15, 0.2) is 0 Å². The number of rotatable bonds is 2. The highest BCUT2D eigenvalue weighted by atomic mass is 79.9. The van der Waals surface area contributed by atoms with E-state index in [0.29, 0.717) is 5.56 Å². The molecule has 1 atom stereocenters. The molecule has 0 saturated carbocycles. The smallest absolute Gasteiger partial charge is 0.128 e. The molecule has 1 aromatic heterocycles. The molecule has 0 bridgehead atoms. The van der Waals surface area contributed by atoms with E-state index >= 15 is 0 Å². The van der Waals surface area contributed by atoms with E-state index in [2.05, 4.69) is 15.9 Å². The third kappa shape index (κ3) is 2.19. The minimum Gasteiger partial charge on any atom is -0.320 e. The first-order valence-corrected chi connectivity index (χ1v) is 6.56. The van der Waals surface area contributed by atoms with Gasteiger partial charge in [0.25, 0.3) is 0 Å². The van der Waals surface area contributed by atoms with Crippen molar-refractivity contribution in [3.05, 3.63) is 55.9 Å². The van der Waals surface area contributed by atoms with Gasteiger partial charge in [0, 0.05) is 15.4 Å². The van der Waals surface area contributed by atoms with E-state index < -0.39 is 6.04 Å². The zero-order chi connectivity index (χ0) is 11.7. The monoisotopic (exact) mass is 299 g/mol. The van der Waals surface area contributed by atoms with Gasteiger partial charge in [0.2, 0.25) is 0 Å². The van der Waals surface area contributed by atoms with Crippen molar-refractivity contribution < 1.29 is 4.39 Å². The van der Waals surface area contributed by atoms with Crippen LogP contribution >= 0.6 is 27.3 Å². The topological polar surface area (TPSA) is 26.0 Å². The average molecular weight is 300 g/mol. The van der Waals surface area contributed by atoms with Crippen LogP contribution in [0.5, 0.6) is 0 Å². The summed E-state index contributed by atoms with van der Waals surface area (Å²) in [7, 11) is 0. The minimum absolute atomic E-state index is 0.254. The Balaban J connectivity index is 2.45. The fourth-order valence-electron chi connectivity index (χ4n) is 1.58. The van der Waals surface area contributed by atoms with Gasteiger partial charge in [-0.25, -0.2) is 4.39 Å². The number of aryl methyl sites for hydroxylation is 1. The van der Waals surface area contributed by atoms with Crippen LogP contribution in [0.25, 0.3) is 0 Å².